The average Bonchev–Trinajstić information content (AvgIpc) is 2.47. The van der Waals surface area contributed by atoms with Gasteiger partial charge in [0.05, 0.1) is 0 Å². The van der Waals surface area contributed by atoms with Crippen molar-refractivity contribution in [2.45, 2.75) is 25.9 Å². The lowest BCUT2D eigenvalue weighted by atomic mass is 9.99. The second-order valence-electron chi connectivity index (χ2n) is 5.75. The summed E-state index contributed by atoms with van der Waals surface area (Å²) in [6, 6.07) is 12.9. The summed E-state index contributed by atoms with van der Waals surface area (Å²) < 4.78 is 0. The number of aromatic hydroxyl groups is 1. The molecule has 1 aliphatic rings. The lowest BCUT2D eigenvalue weighted by Gasteiger charge is -2.36. The molecule has 1 fully saturated rings. The van der Waals surface area contributed by atoms with Crippen molar-refractivity contribution in [1.82, 2.24) is 10.2 Å². The monoisotopic (exact) mass is 270 g/mol. The zero-order valence-corrected chi connectivity index (χ0v) is 12.1. The smallest absolute Gasteiger partial charge is 0.128 e. The summed E-state index contributed by atoms with van der Waals surface area (Å²) in [5.74, 6) is 0.432. The molecule has 2 atom stereocenters. The molecule has 3 heteroatoms. The van der Waals surface area contributed by atoms with Crippen LogP contribution < -0.4 is 5.32 Å². The molecule has 2 aromatic rings. The lowest BCUT2D eigenvalue weighted by Crippen LogP contribution is -2.49. The highest BCUT2D eigenvalue weighted by Crippen LogP contribution is 2.35. The van der Waals surface area contributed by atoms with E-state index in [1.54, 1.807) is 0 Å². The van der Waals surface area contributed by atoms with E-state index in [1.807, 2.05) is 24.3 Å². The molecule has 1 heterocycles. The minimum absolute atomic E-state index is 0.240. The van der Waals surface area contributed by atoms with Gasteiger partial charge in [0.2, 0.25) is 0 Å². The Morgan fingerprint density at radius 3 is 2.85 bits per heavy atom. The quantitative estimate of drug-likeness (QED) is 0.881. The number of nitrogens with one attached hydrogen (secondary N) is 1. The molecule has 0 radical (unpaired) electrons. The van der Waals surface area contributed by atoms with Crippen molar-refractivity contribution in [2.24, 2.45) is 0 Å². The first-order valence-corrected chi connectivity index (χ1v) is 7.35. The molecule has 2 unspecified atom stereocenters. The van der Waals surface area contributed by atoms with Crippen LogP contribution in [0.25, 0.3) is 10.8 Å². The maximum atomic E-state index is 10.6. The number of piperazine rings is 1. The fraction of sp³-hybridized carbons (Fsp3) is 0.412. The van der Waals surface area contributed by atoms with Crippen molar-refractivity contribution in [3.63, 3.8) is 0 Å². The molecule has 1 aliphatic heterocycles. The third-order valence-corrected chi connectivity index (χ3v) is 4.33. The molecule has 0 aromatic heterocycles. The highest BCUT2D eigenvalue weighted by atomic mass is 16.3. The third kappa shape index (κ3) is 2.39. The van der Waals surface area contributed by atoms with Crippen LogP contribution in [0.1, 0.15) is 25.5 Å². The first kappa shape index (κ1) is 13.4. The summed E-state index contributed by atoms with van der Waals surface area (Å²) in [5.41, 5.74) is 1.03. The SMILES string of the molecule is CC1CN(C(C)c2ccc3ccccc3c2O)CCN1. The second-order valence-corrected chi connectivity index (χ2v) is 5.75. The molecule has 106 valence electrons. The Hall–Kier alpha value is -1.58. The Morgan fingerprint density at radius 2 is 2.05 bits per heavy atom. The minimum atomic E-state index is 0.240. The van der Waals surface area contributed by atoms with Gasteiger partial charge < -0.3 is 10.4 Å². The summed E-state index contributed by atoms with van der Waals surface area (Å²) >= 11 is 0. The molecule has 2 aromatic carbocycles. The molecule has 3 nitrogen and oxygen atoms in total. The molecule has 0 aliphatic carbocycles. The van der Waals surface area contributed by atoms with E-state index in [-0.39, 0.29) is 6.04 Å². The molecular weight excluding hydrogens is 248 g/mol. The predicted octanol–water partition coefficient (Wildman–Crippen LogP) is 2.90. The van der Waals surface area contributed by atoms with Gasteiger partial charge in [0.25, 0.3) is 0 Å². The average molecular weight is 270 g/mol. The Kier molecular flexibility index (Phi) is 3.64. The lowest BCUT2D eigenvalue weighted by molar-refractivity contribution is 0.157. The normalized spacial score (nSPS) is 22.0. The van der Waals surface area contributed by atoms with Crippen LogP contribution in [0.4, 0.5) is 0 Å². The van der Waals surface area contributed by atoms with Crippen LogP contribution in [0.15, 0.2) is 36.4 Å². The van der Waals surface area contributed by atoms with Crippen molar-refractivity contribution in [1.29, 1.82) is 0 Å². The Bertz CT molecular complexity index is 611. The van der Waals surface area contributed by atoms with E-state index >= 15 is 0 Å². The zero-order chi connectivity index (χ0) is 14.1. The molecule has 20 heavy (non-hydrogen) atoms. The van der Waals surface area contributed by atoms with Crippen LogP contribution in [0.5, 0.6) is 5.75 Å². The zero-order valence-electron chi connectivity index (χ0n) is 12.1. The maximum Gasteiger partial charge on any atom is 0.128 e. The van der Waals surface area contributed by atoms with Crippen molar-refractivity contribution >= 4 is 10.8 Å². The van der Waals surface area contributed by atoms with Crippen molar-refractivity contribution in [2.75, 3.05) is 19.6 Å². The van der Waals surface area contributed by atoms with E-state index in [0.29, 0.717) is 11.8 Å². The summed E-state index contributed by atoms with van der Waals surface area (Å²) in [7, 11) is 0. The van der Waals surface area contributed by atoms with Gasteiger partial charge in [-0.05, 0) is 19.2 Å². The number of fused-ring (bicyclic) bond motifs is 1. The molecular formula is C17H22N2O. The number of hydrogen-bond donors (Lipinski definition) is 2. The van der Waals surface area contributed by atoms with Crippen molar-refractivity contribution in [3.8, 4) is 5.75 Å². The van der Waals surface area contributed by atoms with E-state index in [0.717, 1.165) is 36.0 Å². The van der Waals surface area contributed by atoms with Crippen molar-refractivity contribution in [3.05, 3.63) is 42.0 Å². The summed E-state index contributed by atoms with van der Waals surface area (Å²) in [4.78, 5) is 2.44. The van der Waals surface area contributed by atoms with Crippen LogP contribution in [0.3, 0.4) is 0 Å². The van der Waals surface area contributed by atoms with Gasteiger partial charge in [0, 0.05) is 42.7 Å². The second kappa shape index (κ2) is 5.43. The first-order chi connectivity index (χ1) is 9.66. The number of rotatable bonds is 2. The predicted molar refractivity (Wildman–Crippen MR) is 83.1 cm³/mol. The summed E-state index contributed by atoms with van der Waals surface area (Å²) in [6.07, 6.45) is 0. The van der Waals surface area contributed by atoms with Crippen LogP contribution in [0.2, 0.25) is 0 Å². The van der Waals surface area contributed by atoms with Crippen molar-refractivity contribution < 1.29 is 5.11 Å². The van der Waals surface area contributed by atoms with E-state index in [1.165, 1.54) is 0 Å². The highest BCUT2D eigenvalue weighted by Gasteiger charge is 2.23. The topological polar surface area (TPSA) is 35.5 Å². The third-order valence-electron chi connectivity index (χ3n) is 4.33. The maximum absolute atomic E-state index is 10.6. The van der Waals surface area contributed by atoms with Gasteiger partial charge in [0.15, 0.2) is 0 Å². The van der Waals surface area contributed by atoms with Gasteiger partial charge in [-0.15, -0.1) is 0 Å². The fourth-order valence-corrected chi connectivity index (χ4v) is 3.12. The van der Waals surface area contributed by atoms with E-state index < -0.39 is 0 Å². The Balaban J connectivity index is 1.95. The Morgan fingerprint density at radius 1 is 1.25 bits per heavy atom. The van der Waals surface area contributed by atoms with E-state index in [2.05, 4.69) is 36.2 Å². The van der Waals surface area contributed by atoms with Gasteiger partial charge >= 0.3 is 0 Å². The van der Waals surface area contributed by atoms with E-state index in [4.69, 9.17) is 0 Å². The van der Waals surface area contributed by atoms with E-state index in [9.17, 15) is 5.11 Å². The highest BCUT2D eigenvalue weighted by molar-refractivity contribution is 5.89. The largest absolute Gasteiger partial charge is 0.507 e. The van der Waals surface area contributed by atoms with Crippen LogP contribution in [-0.4, -0.2) is 35.7 Å². The van der Waals surface area contributed by atoms with Crippen LogP contribution in [0, 0.1) is 0 Å². The van der Waals surface area contributed by atoms with Gasteiger partial charge in [0.1, 0.15) is 5.75 Å². The van der Waals surface area contributed by atoms with Crippen LogP contribution >= 0.6 is 0 Å². The molecule has 0 bridgehead atoms. The number of nitrogens with zero attached hydrogens (tertiary/aromatic N) is 1. The fourth-order valence-electron chi connectivity index (χ4n) is 3.12. The van der Waals surface area contributed by atoms with Gasteiger partial charge in [-0.25, -0.2) is 0 Å². The summed E-state index contributed by atoms with van der Waals surface area (Å²) in [5, 5.41) is 16.1. The molecule has 3 rings (SSSR count). The van der Waals surface area contributed by atoms with Gasteiger partial charge in [-0.3, -0.25) is 4.90 Å². The van der Waals surface area contributed by atoms with Gasteiger partial charge in [-0.2, -0.15) is 0 Å². The van der Waals surface area contributed by atoms with Crippen LogP contribution in [-0.2, 0) is 0 Å². The molecule has 1 saturated heterocycles. The molecule has 0 saturated carbocycles. The first-order valence-electron chi connectivity index (χ1n) is 7.35. The molecule has 0 spiro atoms. The minimum Gasteiger partial charge on any atom is -0.507 e. The Labute approximate surface area is 120 Å². The number of hydrogen-bond acceptors (Lipinski definition) is 3. The number of benzene rings is 2. The summed E-state index contributed by atoms with van der Waals surface area (Å²) in [6.45, 7) is 7.45. The van der Waals surface area contributed by atoms with Gasteiger partial charge in [-0.1, -0.05) is 36.4 Å². The number of phenolic OH excluding ortho intramolecular Hbond substituents is 1. The molecule has 2 N–H and O–H groups in total. The standard InChI is InChI=1S/C17H22N2O/c1-12-11-19(10-9-18-12)13(2)15-8-7-14-5-3-4-6-16(14)17(15)20/h3-8,12-13,18,20H,9-11H2,1-2H3. The number of phenols is 1. The molecule has 0 amide bonds.